The zero-order valence-electron chi connectivity index (χ0n) is 11.5. The van der Waals surface area contributed by atoms with Gasteiger partial charge in [0.25, 0.3) is 5.91 Å². The van der Waals surface area contributed by atoms with Crippen LogP contribution in [-0.4, -0.2) is 22.6 Å². The molecule has 2 amide bonds. The Kier molecular flexibility index (Phi) is 4.77. The molecular formula is C12H14F3N3O3. The van der Waals surface area contributed by atoms with E-state index in [9.17, 15) is 22.8 Å². The fraction of sp³-hybridized carbons (Fsp3) is 0.417. The first-order chi connectivity index (χ1) is 9.50. The van der Waals surface area contributed by atoms with Crippen LogP contribution in [0.4, 0.5) is 18.0 Å². The summed E-state index contributed by atoms with van der Waals surface area (Å²) in [5.41, 5.74) is 1.05. The molecule has 116 valence electrons. The number of nitrogens with zero attached hydrogens (tertiary/aromatic N) is 1. The van der Waals surface area contributed by atoms with E-state index in [4.69, 9.17) is 4.74 Å². The number of ether oxygens (including phenoxy) is 1. The number of aromatic nitrogens is 1. The molecule has 0 bridgehead atoms. The molecule has 0 radical (unpaired) electrons. The van der Waals surface area contributed by atoms with E-state index in [1.54, 1.807) is 20.8 Å². The summed E-state index contributed by atoms with van der Waals surface area (Å²) in [6.45, 7) is 4.79. The Morgan fingerprint density at radius 2 is 1.81 bits per heavy atom. The molecule has 0 unspecified atom stereocenters. The molecule has 0 aliphatic rings. The van der Waals surface area contributed by atoms with Gasteiger partial charge in [-0.3, -0.25) is 15.2 Å². The monoisotopic (exact) mass is 305 g/mol. The van der Waals surface area contributed by atoms with Crippen LogP contribution in [0.25, 0.3) is 0 Å². The Hall–Kier alpha value is -2.32. The van der Waals surface area contributed by atoms with Crippen LogP contribution in [0.2, 0.25) is 0 Å². The first-order valence-corrected chi connectivity index (χ1v) is 5.81. The number of hydrogen-bond acceptors (Lipinski definition) is 4. The lowest BCUT2D eigenvalue weighted by atomic mass is 10.1. The summed E-state index contributed by atoms with van der Waals surface area (Å²) in [6.07, 6.45) is -4.15. The van der Waals surface area contributed by atoms with Crippen molar-refractivity contribution in [1.82, 2.24) is 15.8 Å². The van der Waals surface area contributed by atoms with Gasteiger partial charge in [0.1, 0.15) is 5.60 Å². The standard InChI is InChI=1S/C12H14F3N3O3/c1-11(2,3)21-10(20)18-17-9(19)7-4-5-16-6-8(7)12(13,14)15/h4-6H,1-3H3,(H,17,19)(H,18,20). The zero-order valence-corrected chi connectivity index (χ0v) is 11.5. The van der Waals surface area contributed by atoms with Crippen molar-refractivity contribution in [3.05, 3.63) is 29.6 Å². The van der Waals surface area contributed by atoms with Crippen molar-refractivity contribution in [2.45, 2.75) is 32.5 Å². The third-order valence-corrected chi connectivity index (χ3v) is 2.05. The normalized spacial score (nSPS) is 11.7. The second-order valence-electron chi connectivity index (χ2n) is 5.00. The van der Waals surface area contributed by atoms with Crippen LogP contribution in [-0.2, 0) is 10.9 Å². The van der Waals surface area contributed by atoms with E-state index in [1.807, 2.05) is 10.9 Å². The third-order valence-electron chi connectivity index (χ3n) is 2.05. The second-order valence-corrected chi connectivity index (χ2v) is 5.00. The van der Waals surface area contributed by atoms with Crippen molar-refractivity contribution >= 4 is 12.0 Å². The Morgan fingerprint density at radius 3 is 2.33 bits per heavy atom. The Balaban J connectivity index is 2.76. The van der Waals surface area contributed by atoms with Crippen molar-refractivity contribution in [3.8, 4) is 0 Å². The van der Waals surface area contributed by atoms with Crippen molar-refractivity contribution < 1.29 is 27.5 Å². The van der Waals surface area contributed by atoms with E-state index in [2.05, 4.69) is 4.98 Å². The quantitative estimate of drug-likeness (QED) is 0.780. The summed E-state index contributed by atoms with van der Waals surface area (Å²) in [5, 5.41) is 0. The van der Waals surface area contributed by atoms with Gasteiger partial charge in [0.2, 0.25) is 0 Å². The van der Waals surface area contributed by atoms with Crippen molar-refractivity contribution in [3.63, 3.8) is 0 Å². The predicted octanol–water partition coefficient (Wildman–Crippen LogP) is 2.27. The highest BCUT2D eigenvalue weighted by Gasteiger charge is 2.35. The first-order valence-electron chi connectivity index (χ1n) is 5.81. The zero-order chi connectivity index (χ0) is 16.3. The number of carbonyl (C=O) groups is 2. The lowest BCUT2D eigenvalue weighted by Gasteiger charge is -2.20. The van der Waals surface area contributed by atoms with Crippen molar-refractivity contribution in [2.24, 2.45) is 0 Å². The average molecular weight is 305 g/mol. The number of carbonyl (C=O) groups excluding carboxylic acids is 2. The molecule has 0 aromatic carbocycles. The molecule has 1 aromatic heterocycles. The maximum atomic E-state index is 12.7. The minimum absolute atomic E-state index is 0.530. The molecule has 0 saturated carbocycles. The number of alkyl halides is 3. The fourth-order valence-corrected chi connectivity index (χ4v) is 1.30. The summed E-state index contributed by atoms with van der Waals surface area (Å²) in [5.74, 6) is -1.13. The summed E-state index contributed by atoms with van der Waals surface area (Å²) >= 11 is 0. The summed E-state index contributed by atoms with van der Waals surface area (Å²) < 4.78 is 42.9. The lowest BCUT2D eigenvalue weighted by Crippen LogP contribution is -2.44. The largest absolute Gasteiger partial charge is 0.443 e. The molecule has 0 atom stereocenters. The van der Waals surface area contributed by atoms with Gasteiger partial charge in [-0.05, 0) is 26.8 Å². The second kappa shape index (κ2) is 5.98. The number of pyridine rings is 1. The number of nitrogens with one attached hydrogen (secondary N) is 2. The minimum Gasteiger partial charge on any atom is -0.443 e. The van der Waals surface area contributed by atoms with E-state index in [-0.39, 0.29) is 0 Å². The van der Waals surface area contributed by atoms with Crippen LogP contribution in [0.1, 0.15) is 36.7 Å². The highest BCUT2D eigenvalue weighted by Crippen LogP contribution is 2.31. The summed E-state index contributed by atoms with van der Waals surface area (Å²) in [4.78, 5) is 26.3. The lowest BCUT2D eigenvalue weighted by molar-refractivity contribution is -0.138. The fourth-order valence-electron chi connectivity index (χ4n) is 1.30. The molecule has 2 N–H and O–H groups in total. The van der Waals surface area contributed by atoms with Gasteiger partial charge in [-0.15, -0.1) is 0 Å². The maximum Gasteiger partial charge on any atom is 0.426 e. The van der Waals surface area contributed by atoms with Crippen LogP contribution in [0, 0.1) is 0 Å². The molecule has 1 rings (SSSR count). The van der Waals surface area contributed by atoms with Crippen molar-refractivity contribution in [1.29, 1.82) is 0 Å². The average Bonchev–Trinajstić information content (AvgIpc) is 2.33. The summed E-state index contributed by atoms with van der Waals surface area (Å²) in [6, 6.07) is 0.898. The Bertz CT molecular complexity index is 539. The minimum atomic E-state index is -4.73. The number of hydrogen-bond donors (Lipinski definition) is 2. The molecule has 21 heavy (non-hydrogen) atoms. The van der Waals surface area contributed by atoms with Crippen LogP contribution in [0.5, 0.6) is 0 Å². The van der Waals surface area contributed by atoms with Gasteiger partial charge in [-0.1, -0.05) is 0 Å². The van der Waals surface area contributed by atoms with Gasteiger partial charge < -0.3 is 4.74 Å². The Labute approximate surface area is 118 Å². The molecule has 9 heteroatoms. The predicted molar refractivity (Wildman–Crippen MR) is 66.1 cm³/mol. The molecule has 6 nitrogen and oxygen atoms in total. The molecule has 0 fully saturated rings. The number of amides is 2. The number of halogens is 3. The number of hydrazine groups is 1. The van der Waals surface area contributed by atoms with Gasteiger partial charge in [0.15, 0.2) is 0 Å². The van der Waals surface area contributed by atoms with Crippen LogP contribution >= 0.6 is 0 Å². The van der Waals surface area contributed by atoms with Crippen molar-refractivity contribution in [2.75, 3.05) is 0 Å². The topological polar surface area (TPSA) is 80.3 Å². The molecule has 1 heterocycles. The van der Waals surface area contributed by atoms with Crippen LogP contribution in [0.15, 0.2) is 18.5 Å². The van der Waals surface area contributed by atoms with Gasteiger partial charge in [-0.2, -0.15) is 13.2 Å². The summed E-state index contributed by atoms with van der Waals surface area (Å²) in [7, 11) is 0. The number of rotatable bonds is 1. The van der Waals surface area contributed by atoms with Crippen LogP contribution < -0.4 is 10.9 Å². The smallest absolute Gasteiger partial charge is 0.426 e. The molecule has 0 saturated heterocycles. The first kappa shape index (κ1) is 16.7. The molecule has 1 aromatic rings. The van der Waals surface area contributed by atoms with Gasteiger partial charge in [-0.25, -0.2) is 10.2 Å². The molecule has 0 aliphatic carbocycles. The van der Waals surface area contributed by atoms with E-state index >= 15 is 0 Å². The SMILES string of the molecule is CC(C)(C)OC(=O)NNC(=O)c1ccncc1C(F)(F)F. The van der Waals surface area contributed by atoms with Gasteiger partial charge in [0.05, 0.1) is 11.1 Å². The van der Waals surface area contributed by atoms with Gasteiger partial charge >= 0.3 is 12.3 Å². The maximum absolute atomic E-state index is 12.7. The van der Waals surface area contributed by atoms with E-state index < -0.39 is 34.9 Å². The molecular weight excluding hydrogens is 291 g/mol. The Morgan fingerprint density at radius 1 is 1.19 bits per heavy atom. The van der Waals surface area contributed by atoms with E-state index in [0.29, 0.717) is 6.20 Å². The van der Waals surface area contributed by atoms with E-state index in [0.717, 1.165) is 12.3 Å². The van der Waals surface area contributed by atoms with Gasteiger partial charge in [0, 0.05) is 12.4 Å². The van der Waals surface area contributed by atoms with E-state index in [1.165, 1.54) is 0 Å². The molecule has 0 aliphatic heterocycles. The third kappa shape index (κ3) is 5.28. The highest BCUT2D eigenvalue weighted by atomic mass is 19.4. The molecule has 0 spiro atoms. The van der Waals surface area contributed by atoms with Crippen LogP contribution in [0.3, 0.4) is 0 Å². The highest BCUT2D eigenvalue weighted by molar-refractivity contribution is 5.96.